The number of ether oxygens (including phenoxy) is 1. The van der Waals surface area contributed by atoms with Crippen LogP contribution in [-0.2, 0) is 22.6 Å². The summed E-state index contributed by atoms with van der Waals surface area (Å²) in [6.45, 7) is 4.02. The topological polar surface area (TPSA) is 76.5 Å². The molecule has 0 bridgehead atoms. The number of nitrogens with one attached hydrogen (secondary N) is 1. The predicted octanol–water partition coefficient (Wildman–Crippen LogP) is 2.01. The van der Waals surface area contributed by atoms with Crippen molar-refractivity contribution in [1.29, 1.82) is 0 Å². The lowest BCUT2D eigenvalue weighted by Crippen LogP contribution is -2.35. The Hall–Kier alpha value is -3.10. The van der Waals surface area contributed by atoms with Gasteiger partial charge in [-0.15, -0.1) is 0 Å². The first-order chi connectivity index (χ1) is 14.1. The van der Waals surface area contributed by atoms with E-state index in [1.165, 1.54) is 29.1 Å². The first kappa shape index (κ1) is 19.2. The van der Waals surface area contributed by atoms with Gasteiger partial charge in [0.25, 0.3) is 5.56 Å². The molecule has 0 atom stereocenters. The van der Waals surface area contributed by atoms with Gasteiger partial charge in [0, 0.05) is 31.4 Å². The van der Waals surface area contributed by atoms with E-state index < -0.39 is 5.82 Å². The van der Waals surface area contributed by atoms with Gasteiger partial charge in [0.05, 0.1) is 30.4 Å². The molecule has 7 nitrogen and oxygen atoms in total. The molecule has 2 aromatic carbocycles. The van der Waals surface area contributed by atoms with Crippen LogP contribution in [0.15, 0.2) is 53.6 Å². The minimum atomic E-state index is -0.461. The number of aromatic nitrogens is 2. The number of anilines is 1. The van der Waals surface area contributed by atoms with Crippen LogP contribution >= 0.6 is 0 Å². The van der Waals surface area contributed by atoms with Gasteiger partial charge < -0.3 is 10.1 Å². The number of hydrogen-bond acceptors (Lipinski definition) is 5. The fourth-order valence-electron chi connectivity index (χ4n) is 3.31. The maximum Gasteiger partial charge on any atom is 0.261 e. The van der Waals surface area contributed by atoms with E-state index in [9.17, 15) is 14.0 Å². The van der Waals surface area contributed by atoms with Gasteiger partial charge in [-0.1, -0.05) is 12.1 Å². The summed E-state index contributed by atoms with van der Waals surface area (Å²) in [6, 6.07) is 11.4. The summed E-state index contributed by atoms with van der Waals surface area (Å²) in [7, 11) is 0. The lowest BCUT2D eigenvalue weighted by atomic mass is 10.2. The van der Waals surface area contributed by atoms with Crippen LogP contribution in [0.4, 0.5) is 10.1 Å². The fraction of sp³-hybridized carbons (Fsp3) is 0.286. The number of morpholine rings is 1. The predicted molar refractivity (Wildman–Crippen MR) is 107 cm³/mol. The second-order valence-electron chi connectivity index (χ2n) is 6.97. The van der Waals surface area contributed by atoms with Crippen LogP contribution in [0.3, 0.4) is 0 Å². The Morgan fingerprint density at radius 2 is 1.90 bits per heavy atom. The molecule has 150 valence electrons. The summed E-state index contributed by atoms with van der Waals surface area (Å²) < 4.78 is 19.8. The van der Waals surface area contributed by atoms with Crippen LogP contribution in [0.5, 0.6) is 0 Å². The lowest BCUT2D eigenvalue weighted by Gasteiger charge is -2.26. The summed E-state index contributed by atoms with van der Waals surface area (Å²) in [4.78, 5) is 31.2. The van der Waals surface area contributed by atoms with Gasteiger partial charge >= 0.3 is 0 Å². The van der Waals surface area contributed by atoms with Crippen LogP contribution in [0.2, 0.25) is 0 Å². The Balaban J connectivity index is 1.39. The Labute approximate surface area is 166 Å². The zero-order valence-corrected chi connectivity index (χ0v) is 15.8. The molecule has 0 aliphatic carbocycles. The Kier molecular flexibility index (Phi) is 5.64. The van der Waals surface area contributed by atoms with Crippen molar-refractivity contribution in [1.82, 2.24) is 14.5 Å². The molecule has 1 aromatic heterocycles. The molecule has 4 rings (SSSR count). The maximum absolute atomic E-state index is 13.3. The number of benzene rings is 2. The van der Waals surface area contributed by atoms with Crippen molar-refractivity contribution in [2.45, 2.75) is 13.1 Å². The zero-order valence-electron chi connectivity index (χ0n) is 15.8. The summed E-state index contributed by atoms with van der Waals surface area (Å²) in [6.07, 6.45) is 1.26. The average molecular weight is 396 g/mol. The molecule has 1 amide bonds. The number of nitrogens with zero attached hydrogens (tertiary/aromatic N) is 3. The van der Waals surface area contributed by atoms with Crippen molar-refractivity contribution in [3.63, 3.8) is 0 Å². The third-order valence-corrected chi connectivity index (χ3v) is 4.85. The molecule has 0 saturated carbocycles. The van der Waals surface area contributed by atoms with Crippen molar-refractivity contribution in [2.75, 3.05) is 31.6 Å². The third-order valence-electron chi connectivity index (χ3n) is 4.85. The first-order valence-corrected chi connectivity index (χ1v) is 9.42. The normalized spacial score (nSPS) is 14.8. The van der Waals surface area contributed by atoms with Gasteiger partial charge in [0.15, 0.2) is 0 Å². The summed E-state index contributed by atoms with van der Waals surface area (Å²) in [5.74, 6) is -0.798. The van der Waals surface area contributed by atoms with E-state index in [0.717, 1.165) is 38.4 Å². The van der Waals surface area contributed by atoms with Crippen LogP contribution in [0.1, 0.15) is 5.56 Å². The fourth-order valence-corrected chi connectivity index (χ4v) is 3.31. The molecule has 1 N–H and O–H groups in total. The molecule has 8 heteroatoms. The largest absolute Gasteiger partial charge is 0.379 e. The second-order valence-corrected chi connectivity index (χ2v) is 6.97. The summed E-state index contributed by atoms with van der Waals surface area (Å²) in [5.41, 5.74) is 1.70. The van der Waals surface area contributed by atoms with Crippen molar-refractivity contribution in [3.8, 4) is 0 Å². The minimum absolute atomic E-state index is 0.172. The van der Waals surface area contributed by atoms with Gasteiger partial charge in [-0.25, -0.2) is 9.37 Å². The van der Waals surface area contributed by atoms with E-state index >= 15 is 0 Å². The highest BCUT2D eigenvalue weighted by Crippen LogP contribution is 2.13. The van der Waals surface area contributed by atoms with Crippen molar-refractivity contribution >= 4 is 22.5 Å². The molecule has 1 aliphatic rings. The summed E-state index contributed by atoms with van der Waals surface area (Å²) >= 11 is 0. The molecule has 2 heterocycles. The maximum atomic E-state index is 13.3. The van der Waals surface area contributed by atoms with Gasteiger partial charge in [-0.3, -0.25) is 19.1 Å². The number of hydrogen-bond donors (Lipinski definition) is 1. The third kappa shape index (κ3) is 4.67. The van der Waals surface area contributed by atoms with E-state index in [4.69, 9.17) is 4.74 Å². The Bertz CT molecular complexity index is 1080. The molecular weight excluding hydrogens is 375 g/mol. The van der Waals surface area contributed by atoms with Crippen molar-refractivity contribution in [3.05, 3.63) is 70.5 Å². The lowest BCUT2D eigenvalue weighted by molar-refractivity contribution is -0.116. The van der Waals surface area contributed by atoms with Crippen LogP contribution in [0, 0.1) is 5.82 Å². The van der Waals surface area contributed by atoms with Gasteiger partial charge in [0.2, 0.25) is 5.91 Å². The number of rotatable bonds is 5. The number of carbonyl (C=O) groups excluding carboxylic acids is 1. The van der Waals surface area contributed by atoms with Gasteiger partial charge in [0.1, 0.15) is 12.4 Å². The minimum Gasteiger partial charge on any atom is -0.379 e. The highest BCUT2D eigenvalue weighted by molar-refractivity contribution is 5.90. The van der Waals surface area contributed by atoms with Crippen LogP contribution in [0.25, 0.3) is 10.9 Å². The molecule has 0 radical (unpaired) electrons. The van der Waals surface area contributed by atoms with Crippen molar-refractivity contribution in [2.24, 2.45) is 0 Å². The molecular formula is C21H21FN4O3. The Morgan fingerprint density at radius 1 is 1.14 bits per heavy atom. The van der Waals surface area contributed by atoms with E-state index in [1.54, 1.807) is 0 Å². The van der Waals surface area contributed by atoms with E-state index in [-0.39, 0.29) is 28.9 Å². The molecule has 1 aliphatic heterocycles. The average Bonchev–Trinajstić information content (AvgIpc) is 2.72. The zero-order chi connectivity index (χ0) is 20.2. The highest BCUT2D eigenvalue weighted by atomic mass is 19.1. The van der Waals surface area contributed by atoms with Gasteiger partial charge in [-0.05, 0) is 29.8 Å². The van der Waals surface area contributed by atoms with E-state index in [1.807, 2.05) is 24.3 Å². The second kappa shape index (κ2) is 8.50. The SMILES string of the molecule is O=C(Cn1cnc2cc(F)ccc2c1=O)Nc1ccc(CN2CCOCC2)cc1. The van der Waals surface area contributed by atoms with Gasteiger partial charge in [-0.2, -0.15) is 0 Å². The molecule has 0 unspecified atom stereocenters. The van der Waals surface area contributed by atoms with Crippen molar-refractivity contribution < 1.29 is 13.9 Å². The summed E-state index contributed by atoms with van der Waals surface area (Å²) in [5, 5.41) is 3.06. The quantitative estimate of drug-likeness (QED) is 0.714. The van der Waals surface area contributed by atoms with Crippen LogP contribution in [-0.4, -0.2) is 46.7 Å². The molecule has 1 fully saturated rings. The molecule has 1 saturated heterocycles. The molecule has 29 heavy (non-hydrogen) atoms. The first-order valence-electron chi connectivity index (χ1n) is 9.42. The Morgan fingerprint density at radius 3 is 2.66 bits per heavy atom. The number of halogens is 1. The van der Waals surface area contributed by atoms with E-state index in [0.29, 0.717) is 5.69 Å². The molecule has 3 aromatic rings. The standard InChI is InChI=1S/C21H21FN4O3/c22-16-3-6-18-19(11-16)23-14-26(21(18)28)13-20(27)24-17-4-1-15(2-5-17)12-25-7-9-29-10-8-25/h1-6,11,14H,7-10,12-13H2,(H,24,27). The van der Waals surface area contributed by atoms with Crippen LogP contribution < -0.4 is 10.9 Å². The smallest absolute Gasteiger partial charge is 0.261 e. The molecule has 0 spiro atoms. The number of carbonyl (C=O) groups is 1. The van der Waals surface area contributed by atoms with E-state index in [2.05, 4.69) is 15.2 Å². The number of amides is 1. The monoisotopic (exact) mass is 396 g/mol. The highest BCUT2D eigenvalue weighted by Gasteiger charge is 2.12. The number of fused-ring (bicyclic) bond motifs is 1.